The quantitative estimate of drug-likeness (QED) is 0.840. The number of hydrogen-bond acceptors (Lipinski definition) is 2. The number of nitrogens with one attached hydrogen (secondary N) is 2. The van der Waals surface area contributed by atoms with Gasteiger partial charge in [-0.1, -0.05) is 24.3 Å². The zero-order chi connectivity index (χ0) is 13.7. The third kappa shape index (κ3) is 3.89. The highest BCUT2D eigenvalue weighted by molar-refractivity contribution is 7.80. The van der Waals surface area contributed by atoms with Crippen LogP contribution < -0.4 is 10.6 Å². The summed E-state index contributed by atoms with van der Waals surface area (Å²) in [5.74, 6) is 0. The Morgan fingerprint density at radius 2 is 2.05 bits per heavy atom. The number of thiocarbonyl (C=S) groups is 1. The van der Waals surface area contributed by atoms with E-state index >= 15 is 0 Å². The van der Waals surface area contributed by atoms with Crippen LogP contribution in [0.15, 0.2) is 36.5 Å². The zero-order valence-corrected chi connectivity index (χ0v) is 12.1. The Bertz CT molecular complexity index is 561. The average Bonchev–Trinajstić information content (AvgIpc) is 2.38. The lowest BCUT2D eigenvalue weighted by atomic mass is 10.1. The van der Waals surface area contributed by atoms with Crippen molar-refractivity contribution in [2.24, 2.45) is 0 Å². The van der Waals surface area contributed by atoms with Gasteiger partial charge in [-0.3, -0.25) is 4.98 Å². The van der Waals surface area contributed by atoms with Gasteiger partial charge in [-0.05, 0) is 44.1 Å². The Morgan fingerprint density at radius 3 is 2.84 bits per heavy atom. The monoisotopic (exact) mass is 273 g/mol. The summed E-state index contributed by atoms with van der Waals surface area (Å²) < 4.78 is 0. The van der Waals surface area contributed by atoms with E-state index in [2.05, 4.69) is 53.7 Å². The van der Waals surface area contributed by atoms with Gasteiger partial charge in [0.2, 0.25) is 0 Å². The van der Waals surface area contributed by atoms with Gasteiger partial charge >= 0.3 is 0 Å². The van der Waals surface area contributed by atoms with E-state index in [9.17, 15) is 0 Å². The predicted octanol–water partition coefficient (Wildman–Crippen LogP) is 2.65. The molecule has 0 saturated carbocycles. The molecule has 0 saturated heterocycles. The summed E-state index contributed by atoms with van der Waals surface area (Å²) in [5, 5.41) is 8.29. The van der Waals surface area contributed by atoms with Crippen LogP contribution in [0.25, 0.3) is 10.9 Å². The van der Waals surface area contributed by atoms with Crippen LogP contribution in [0.3, 0.4) is 0 Å². The number of fused-ring (bicyclic) bond motifs is 1. The Morgan fingerprint density at radius 1 is 1.26 bits per heavy atom. The fraction of sp³-hybridized carbons (Fsp3) is 0.333. The topological polar surface area (TPSA) is 37.0 Å². The number of hydrogen-bond donors (Lipinski definition) is 2. The molecule has 19 heavy (non-hydrogen) atoms. The summed E-state index contributed by atoms with van der Waals surface area (Å²) in [4.78, 5) is 4.45. The lowest BCUT2D eigenvalue weighted by Gasteiger charge is -2.13. The van der Waals surface area contributed by atoms with Crippen molar-refractivity contribution in [1.82, 2.24) is 15.6 Å². The molecular weight excluding hydrogens is 254 g/mol. The molecule has 0 fully saturated rings. The Labute approximate surface area is 119 Å². The average molecular weight is 273 g/mol. The van der Waals surface area contributed by atoms with Gasteiger partial charge in [0.05, 0.1) is 5.52 Å². The van der Waals surface area contributed by atoms with Crippen molar-refractivity contribution < 1.29 is 0 Å². The molecule has 0 atom stereocenters. The van der Waals surface area contributed by atoms with Gasteiger partial charge in [0.25, 0.3) is 0 Å². The number of nitrogens with zero attached hydrogens (tertiary/aromatic N) is 1. The lowest BCUT2D eigenvalue weighted by Crippen LogP contribution is -2.40. The number of para-hydroxylation sites is 1. The van der Waals surface area contributed by atoms with E-state index in [0.717, 1.165) is 18.5 Å². The van der Waals surface area contributed by atoms with Crippen molar-refractivity contribution in [3.8, 4) is 0 Å². The summed E-state index contributed by atoms with van der Waals surface area (Å²) in [6.45, 7) is 4.96. The summed E-state index contributed by atoms with van der Waals surface area (Å²) in [6, 6.07) is 10.7. The molecule has 4 heteroatoms. The number of pyridine rings is 1. The molecule has 2 rings (SSSR count). The Hall–Kier alpha value is -1.68. The lowest BCUT2D eigenvalue weighted by molar-refractivity contribution is 0.711. The second-order valence-corrected chi connectivity index (χ2v) is 5.21. The third-order valence-electron chi connectivity index (χ3n) is 2.82. The molecule has 2 N–H and O–H groups in total. The van der Waals surface area contributed by atoms with Gasteiger partial charge < -0.3 is 10.6 Å². The first-order valence-corrected chi connectivity index (χ1v) is 6.94. The van der Waals surface area contributed by atoms with Crippen molar-refractivity contribution in [1.29, 1.82) is 0 Å². The summed E-state index contributed by atoms with van der Waals surface area (Å²) in [6.07, 6.45) is 2.75. The molecule has 1 aromatic carbocycles. The van der Waals surface area contributed by atoms with Crippen LogP contribution in [-0.4, -0.2) is 22.7 Å². The second-order valence-electron chi connectivity index (χ2n) is 4.80. The SMILES string of the molecule is CC(C)NC(=S)NCCc1cccc2cccnc12. The highest BCUT2D eigenvalue weighted by Crippen LogP contribution is 2.15. The fourth-order valence-electron chi connectivity index (χ4n) is 1.99. The summed E-state index contributed by atoms with van der Waals surface area (Å²) in [5.41, 5.74) is 2.33. The van der Waals surface area contributed by atoms with Crippen molar-refractivity contribution >= 4 is 28.2 Å². The van der Waals surface area contributed by atoms with Gasteiger partial charge in [0.1, 0.15) is 0 Å². The molecule has 0 aliphatic carbocycles. The van der Waals surface area contributed by atoms with Gasteiger partial charge in [-0.25, -0.2) is 0 Å². The molecule has 1 heterocycles. The van der Waals surface area contributed by atoms with Crippen LogP contribution in [0.5, 0.6) is 0 Å². The van der Waals surface area contributed by atoms with E-state index in [-0.39, 0.29) is 0 Å². The van der Waals surface area contributed by atoms with Crippen LogP contribution in [0.1, 0.15) is 19.4 Å². The highest BCUT2D eigenvalue weighted by atomic mass is 32.1. The predicted molar refractivity (Wildman–Crippen MR) is 84.3 cm³/mol. The highest BCUT2D eigenvalue weighted by Gasteiger charge is 2.02. The van der Waals surface area contributed by atoms with Crippen LogP contribution in [0.4, 0.5) is 0 Å². The first-order chi connectivity index (χ1) is 9.16. The van der Waals surface area contributed by atoms with Crippen LogP contribution in [0, 0.1) is 0 Å². The van der Waals surface area contributed by atoms with Gasteiger partial charge in [-0.15, -0.1) is 0 Å². The first-order valence-electron chi connectivity index (χ1n) is 6.54. The molecule has 0 radical (unpaired) electrons. The standard InChI is InChI=1S/C15H19N3S/c1-11(2)18-15(19)17-10-8-13-6-3-5-12-7-4-9-16-14(12)13/h3-7,9,11H,8,10H2,1-2H3,(H2,17,18,19). The number of rotatable bonds is 4. The molecule has 0 unspecified atom stereocenters. The minimum Gasteiger partial charge on any atom is -0.362 e. The van der Waals surface area contributed by atoms with Gasteiger partial charge in [0.15, 0.2) is 5.11 Å². The van der Waals surface area contributed by atoms with Crippen molar-refractivity contribution in [2.75, 3.05) is 6.54 Å². The van der Waals surface area contributed by atoms with Crippen molar-refractivity contribution in [2.45, 2.75) is 26.3 Å². The molecule has 0 amide bonds. The molecule has 2 aromatic rings. The minimum absolute atomic E-state index is 0.360. The maximum absolute atomic E-state index is 5.20. The summed E-state index contributed by atoms with van der Waals surface area (Å²) >= 11 is 5.20. The van der Waals surface area contributed by atoms with Crippen LogP contribution in [0.2, 0.25) is 0 Å². The molecular formula is C15H19N3S. The van der Waals surface area contributed by atoms with Gasteiger partial charge in [0, 0.05) is 24.2 Å². The number of aromatic nitrogens is 1. The van der Waals surface area contributed by atoms with Crippen molar-refractivity contribution in [3.63, 3.8) is 0 Å². The minimum atomic E-state index is 0.360. The maximum atomic E-state index is 5.20. The van der Waals surface area contributed by atoms with E-state index in [0.29, 0.717) is 11.2 Å². The zero-order valence-electron chi connectivity index (χ0n) is 11.3. The molecule has 3 nitrogen and oxygen atoms in total. The number of benzene rings is 1. The third-order valence-corrected chi connectivity index (χ3v) is 3.08. The molecule has 0 spiro atoms. The van der Waals surface area contributed by atoms with Crippen LogP contribution >= 0.6 is 12.2 Å². The maximum Gasteiger partial charge on any atom is 0.166 e. The second kappa shape index (κ2) is 6.48. The molecule has 0 bridgehead atoms. The largest absolute Gasteiger partial charge is 0.362 e. The van der Waals surface area contributed by atoms with E-state index in [4.69, 9.17) is 12.2 Å². The summed E-state index contributed by atoms with van der Waals surface area (Å²) in [7, 11) is 0. The van der Waals surface area contributed by atoms with E-state index in [1.807, 2.05) is 12.3 Å². The van der Waals surface area contributed by atoms with Crippen LogP contribution in [-0.2, 0) is 6.42 Å². The smallest absolute Gasteiger partial charge is 0.166 e. The van der Waals surface area contributed by atoms with Crippen molar-refractivity contribution in [3.05, 3.63) is 42.1 Å². The van der Waals surface area contributed by atoms with E-state index in [1.165, 1.54) is 10.9 Å². The first kappa shape index (κ1) is 13.7. The Kier molecular flexibility index (Phi) is 4.68. The Balaban J connectivity index is 1.97. The molecule has 0 aliphatic heterocycles. The van der Waals surface area contributed by atoms with E-state index < -0.39 is 0 Å². The molecule has 100 valence electrons. The molecule has 0 aliphatic rings. The fourth-order valence-corrected chi connectivity index (χ4v) is 2.33. The van der Waals surface area contributed by atoms with E-state index in [1.54, 1.807) is 0 Å². The van der Waals surface area contributed by atoms with Gasteiger partial charge in [-0.2, -0.15) is 0 Å². The normalized spacial score (nSPS) is 10.7. The molecule has 1 aromatic heterocycles.